The number of piperazine rings is 1. The number of aromatic nitrogens is 2. The monoisotopic (exact) mass is 359 g/mol. The van der Waals surface area contributed by atoms with Crippen LogP contribution in [0.3, 0.4) is 0 Å². The van der Waals surface area contributed by atoms with Crippen molar-refractivity contribution in [2.45, 2.75) is 32.1 Å². The highest BCUT2D eigenvalue weighted by atomic mass is 16.2. The van der Waals surface area contributed by atoms with E-state index < -0.39 is 0 Å². The number of amides is 1. The van der Waals surface area contributed by atoms with Gasteiger partial charge in [-0.1, -0.05) is 12.8 Å². The lowest BCUT2D eigenvalue weighted by Gasteiger charge is -2.34. The maximum absolute atomic E-state index is 12.4. The minimum absolute atomic E-state index is 0.144. The van der Waals surface area contributed by atoms with Crippen LogP contribution in [0.25, 0.3) is 0 Å². The number of carbonyl (C=O) groups excluding carboxylic acids is 1. The van der Waals surface area contributed by atoms with Crippen LogP contribution in [0.1, 0.15) is 32.1 Å². The van der Waals surface area contributed by atoms with E-state index in [9.17, 15) is 4.79 Å². The fourth-order valence-electron chi connectivity index (χ4n) is 3.43. The van der Waals surface area contributed by atoms with Crippen LogP contribution in [-0.4, -0.2) is 77.4 Å². The van der Waals surface area contributed by atoms with Gasteiger partial charge in [-0.05, 0) is 18.9 Å². The smallest absolute Gasteiger partial charge is 0.225 e. The zero-order valence-electron chi connectivity index (χ0n) is 15.4. The molecule has 0 spiro atoms. The fourth-order valence-corrected chi connectivity index (χ4v) is 3.43. The molecule has 0 saturated carbocycles. The van der Waals surface area contributed by atoms with E-state index in [0.29, 0.717) is 32.0 Å². The molecule has 0 atom stereocenters. The second-order valence-corrected chi connectivity index (χ2v) is 6.81. The zero-order valence-corrected chi connectivity index (χ0v) is 15.4. The molecule has 0 unspecified atom stereocenters. The SMILES string of the molecule is NC(=NCCC(=O)N1CCN(c2ncccn2)CC1)N1CCCCCC1. The number of aliphatic imine (C=N–C) groups is 1. The van der Waals surface area contributed by atoms with Gasteiger partial charge in [0, 0.05) is 58.1 Å². The molecule has 142 valence electrons. The normalized spacial score (nSPS) is 19.4. The molecule has 1 amide bonds. The van der Waals surface area contributed by atoms with Crippen LogP contribution in [-0.2, 0) is 4.79 Å². The van der Waals surface area contributed by atoms with Crippen molar-refractivity contribution in [2.75, 3.05) is 50.7 Å². The van der Waals surface area contributed by atoms with Gasteiger partial charge in [0.05, 0.1) is 6.54 Å². The van der Waals surface area contributed by atoms with Gasteiger partial charge < -0.3 is 20.4 Å². The lowest BCUT2D eigenvalue weighted by Crippen LogP contribution is -2.49. The number of nitrogens with two attached hydrogens (primary N) is 1. The maximum atomic E-state index is 12.4. The van der Waals surface area contributed by atoms with Crippen LogP contribution < -0.4 is 10.6 Å². The molecule has 3 rings (SSSR count). The predicted molar refractivity (Wildman–Crippen MR) is 102 cm³/mol. The molecular weight excluding hydrogens is 330 g/mol. The Labute approximate surface area is 155 Å². The summed E-state index contributed by atoms with van der Waals surface area (Å²) in [5.74, 6) is 1.46. The van der Waals surface area contributed by atoms with Crippen molar-refractivity contribution in [1.29, 1.82) is 0 Å². The van der Waals surface area contributed by atoms with Gasteiger partial charge in [0.1, 0.15) is 0 Å². The molecule has 2 saturated heterocycles. The summed E-state index contributed by atoms with van der Waals surface area (Å²) in [5, 5.41) is 0. The van der Waals surface area contributed by atoms with E-state index >= 15 is 0 Å². The first-order chi connectivity index (χ1) is 12.7. The highest BCUT2D eigenvalue weighted by molar-refractivity contribution is 5.79. The second kappa shape index (κ2) is 9.35. The van der Waals surface area contributed by atoms with Crippen molar-refractivity contribution >= 4 is 17.8 Å². The van der Waals surface area contributed by atoms with Gasteiger partial charge in [-0.15, -0.1) is 0 Å². The molecule has 2 aliphatic heterocycles. The van der Waals surface area contributed by atoms with Gasteiger partial charge in [0.15, 0.2) is 5.96 Å². The van der Waals surface area contributed by atoms with Crippen LogP contribution in [0.15, 0.2) is 23.5 Å². The quantitative estimate of drug-likeness (QED) is 0.629. The highest BCUT2D eigenvalue weighted by Crippen LogP contribution is 2.11. The number of guanidine groups is 1. The molecule has 1 aromatic rings. The number of hydrogen-bond donors (Lipinski definition) is 1. The van der Waals surface area contributed by atoms with E-state index in [1.165, 1.54) is 25.7 Å². The topological polar surface area (TPSA) is 90.9 Å². The largest absolute Gasteiger partial charge is 0.370 e. The van der Waals surface area contributed by atoms with Gasteiger partial charge in [-0.3, -0.25) is 9.79 Å². The van der Waals surface area contributed by atoms with Crippen molar-refractivity contribution in [2.24, 2.45) is 10.7 Å². The molecule has 0 aromatic carbocycles. The summed E-state index contributed by atoms with van der Waals surface area (Å²) in [4.78, 5) is 31.5. The van der Waals surface area contributed by atoms with E-state index in [-0.39, 0.29) is 5.91 Å². The summed E-state index contributed by atoms with van der Waals surface area (Å²) in [7, 11) is 0. The summed E-state index contributed by atoms with van der Waals surface area (Å²) in [6.07, 6.45) is 8.77. The van der Waals surface area contributed by atoms with Gasteiger partial charge in [0.25, 0.3) is 0 Å². The van der Waals surface area contributed by atoms with Crippen molar-refractivity contribution in [3.63, 3.8) is 0 Å². The molecule has 0 radical (unpaired) electrons. The van der Waals surface area contributed by atoms with Gasteiger partial charge >= 0.3 is 0 Å². The standard InChI is InChI=1S/C18H29N7O/c19-17(24-10-3-1-2-4-11-24)20-9-6-16(26)23-12-14-25(15-13-23)18-21-7-5-8-22-18/h5,7-8H,1-4,6,9-15H2,(H2,19,20). The van der Waals surface area contributed by atoms with E-state index in [1.54, 1.807) is 18.5 Å². The van der Waals surface area contributed by atoms with Gasteiger partial charge in [-0.25, -0.2) is 9.97 Å². The molecule has 26 heavy (non-hydrogen) atoms. The first-order valence-electron chi connectivity index (χ1n) is 9.58. The molecule has 2 N–H and O–H groups in total. The lowest BCUT2D eigenvalue weighted by molar-refractivity contribution is -0.131. The Hall–Kier alpha value is -2.38. The third-order valence-electron chi connectivity index (χ3n) is 5.00. The summed E-state index contributed by atoms with van der Waals surface area (Å²) in [6, 6.07) is 1.81. The number of nitrogens with zero attached hydrogens (tertiary/aromatic N) is 6. The summed E-state index contributed by atoms with van der Waals surface area (Å²) in [5.41, 5.74) is 6.10. The number of carbonyl (C=O) groups is 1. The van der Waals surface area contributed by atoms with E-state index in [2.05, 4.69) is 24.8 Å². The predicted octanol–water partition coefficient (Wildman–Crippen LogP) is 0.706. The zero-order chi connectivity index (χ0) is 18.2. The molecule has 2 fully saturated rings. The second-order valence-electron chi connectivity index (χ2n) is 6.81. The molecule has 3 heterocycles. The molecule has 1 aromatic heterocycles. The Morgan fingerprint density at radius 1 is 0.962 bits per heavy atom. The van der Waals surface area contributed by atoms with Crippen LogP contribution in [0.2, 0.25) is 0 Å². The highest BCUT2D eigenvalue weighted by Gasteiger charge is 2.22. The van der Waals surface area contributed by atoms with Crippen molar-refractivity contribution < 1.29 is 4.79 Å². The number of rotatable bonds is 4. The average molecular weight is 359 g/mol. The number of anilines is 1. The Bertz CT molecular complexity index is 591. The van der Waals surface area contributed by atoms with E-state index in [0.717, 1.165) is 32.1 Å². The van der Waals surface area contributed by atoms with Crippen LogP contribution in [0.5, 0.6) is 0 Å². The van der Waals surface area contributed by atoms with Gasteiger partial charge in [-0.2, -0.15) is 0 Å². The molecular formula is C18H29N7O. The van der Waals surface area contributed by atoms with Crippen LogP contribution in [0.4, 0.5) is 5.95 Å². The Kier molecular flexibility index (Phi) is 6.62. The van der Waals surface area contributed by atoms with Crippen molar-refractivity contribution in [3.05, 3.63) is 18.5 Å². The molecule has 8 heteroatoms. The molecule has 8 nitrogen and oxygen atoms in total. The summed E-state index contributed by atoms with van der Waals surface area (Å²) < 4.78 is 0. The minimum atomic E-state index is 0.144. The van der Waals surface area contributed by atoms with Crippen molar-refractivity contribution in [1.82, 2.24) is 19.8 Å². The maximum Gasteiger partial charge on any atom is 0.225 e. The molecule has 0 aliphatic carbocycles. The number of likely N-dealkylation sites (tertiary alicyclic amines) is 1. The van der Waals surface area contributed by atoms with E-state index in [4.69, 9.17) is 5.73 Å². The van der Waals surface area contributed by atoms with Crippen LogP contribution >= 0.6 is 0 Å². The van der Waals surface area contributed by atoms with Crippen LogP contribution in [0, 0.1) is 0 Å². The summed E-state index contributed by atoms with van der Waals surface area (Å²) >= 11 is 0. The van der Waals surface area contributed by atoms with Gasteiger partial charge in [0.2, 0.25) is 11.9 Å². The number of hydrogen-bond acceptors (Lipinski definition) is 5. The third kappa shape index (κ3) is 5.06. The third-order valence-corrected chi connectivity index (χ3v) is 5.00. The minimum Gasteiger partial charge on any atom is -0.370 e. The Morgan fingerprint density at radius 2 is 1.62 bits per heavy atom. The van der Waals surface area contributed by atoms with E-state index in [1.807, 2.05) is 4.90 Å². The average Bonchev–Trinajstić information content (AvgIpc) is 2.98. The Balaban J connectivity index is 1.41. The van der Waals surface area contributed by atoms with Crippen molar-refractivity contribution in [3.8, 4) is 0 Å². The fraction of sp³-hybridized carbons (Fsp3) is 0.667. The lowest BCUT2D eigenvalue weighted by atomic mass is 10.2. The molecule has 2 aliphatic rings. The first-order valence-corrected chi connectivity index (χ1v) is 9.58. The molecule has 0 bridgehead atoms. The first kappa shape index (κ1) is 18.4. The summed E-state index contributed by atoms with van der Waals surface area (Å²) in [6.45, 7) is 5.33. The Morgan fingerprint density at radius 3 is 2.27 bits per heavy atom.